The summed E-state index contributed by atoms with van der Waals surface area (Å²) in [6.45, 7) is 8.66. The van der Waals surface area contributed by atoms with E-state index in [1.54, 1.807) is 0 Å². The first kappa shape index (κ1) is 13.1. The average Bonchev–Trinajstić information content (AvgIpc) is 2.63. The molecule has 0 atom stereocenters. The molecule has 0 aliphatic heterocycles. The lowest BCUT2D eigenvalue weighted by molar-refractivity contribution is 0.478. The van der Waals surface area contributed by atoms with Crippen LogP contribution in [0.3, 0.4) is 0 Å². The van der Waals surface area contributed by atoms with Gasteiger partial charge in [0.15, 0.2) is 0 Å². The molecule has 2 aromatic rings. The number of oxazole rings is 1. The maximum Gasteiger partial charge on any atom is 0.213 e. The highest BCUT2D eigenvalue weighted by atomic mass is 79.9. The monoisotopic (exact) mass is 308 g/mol. The number of hydrogen-bond acceptors (Lipinski definition) is 3. The van der Waals surface area contributed by atoms with Crippen LogP contribution in [0.5, 0.6) is 0 Å². The molecule has 3 nitrogen and oxygen atoms in total. The first-order valence-electron chi connectivity index (χ1n) is 5.91. The van der Waals surface area contributed by atoms with Gasteiger partial charge in [0.05, 0.1) is 12.2 Å². The van der Waals surface area contributed by atoms with Crippen LogP contribution in [0, 0.1) is 27.7 Å². The van der Waals surface area contributed by atoms with Gasteiger partial charge in [-0.1, -0.05) is 15.9 Å². The summed E-state index contributed by atoms with van der Waals surface area (Å²) in [6, 6.07) is 4.22. The minimum Gasteiger partial charge on any atom is -0.444 e. The number of aryl methyl sites for hydroxylation is 4. The van der Waals surface area contributed by atoms with Crippen molar-refractivity contribution in [2.45, 2.75) is 34.2 Å². The summed E-state index contributed by atoms with van der Waals surface area (Å²) in [4.78, 5) is 4.35. The van der Waals surface area contributed by atoms with E-state index in [4.69, 9.17) is 4.42 Å². The van der Waals surface area contributed by atoms with Crippen molar-refractivity contribution in [3.05, 3.63) is 45.1 Å². The number of rotatable bonds is 3. The molecule has 0 bridgehead atoms. The van der Waals surface area contributed by atoms with Gasteiger partial charge < -0.3 is 9.73 Å². The second kappa shape index (κ2) is 5.14. The topological polar surface area (TPSA) is 38.1 Å². The molecule has 2 rings (SSSR count). The number of nitrogens with zero attached hydrogens (tertiary/aromatic N) is 1. The van der Waals surface area contributed by atoms with Crippen LogP contribution in [0.2, 0.25) is 0 Å². The molecule has 0 fully saturated rings. The van der Waals surface area contributed by atoms with Gasteiger partial charge in [-0.15, -0.1) is 0 Å². The minimum absolute atomic E-state index is 0.606. The lowest BCUT2D eigenvalue weighted by Crippen LogP contribution is -2.00. The van der Waals surface area contributed by atoms with E-state index < -0.39 is 0 Å². The summed E-state index contributed by atoms with van der Waals surface area (Å²) < 4.78 is 6.70. The summed E-state index contributed by atoms with van der Waals surface area (Å²) in [5.41, 5.74) is 4.48. The van der Waals surface area contributed by atoms with Crippen LogP contribution in [-0.4, -0.2) is 4.98 Å². The third-order valence-electron chi connectivity index (χ3n) is 2.95. The number of halogens is 1. The molecule has 0 aliphatic rings. The molecule has 1 aromatic heterocycles. The second-order valence-corrected chi connectivity index (χ2v) is 5.32. The quantitative estimate of drug-likeness (QED) is 0.919. The molecule has 0 aliphatic carbocycles. The Kier molecular flexibility index (Phi) is 3.76. The van der Waals surface area contributed by atoms with E-state index in [9.17, 15) is 0 Å². The van der Waals surface area contributed by atoms with E-state index in [1.165, 1.54) is 11.1 Å². The van der Waals surface area contributed by atoms with Crippen molar-refractivity contribution in [1.82, 2.24) is 4.98 Å². The van der Waals surface area contributed by atoms with Crippen molar-refractivity contribution in [1.29, 1.82) is 0 Å². The molecule has 96 valence electrons. The summed E-state index contributed by atoms with van der Waals surface area (Å²) in [5, 5.41) is 3.33. The molecule has 4 heteroatoms. The predicted molar refractivity (Wildman–Crippen MR) is 76.9 cm³/mol. The van der Waals surface area contributed by atoms with Crippen LogP contribution < -0.4 is 5.32 Å². The zero-order chi connectivity index (χ0) is 13.3. The Labute approximate surface area is 116 Å². The van der Waals surface area contributed by atoms with E-state index in [0.717, 1.165) is 27.5 Å². The van der Waals surface area contributed by atoms with E-state index in [1.807, 2.05) is 13.8 Å². The highest BCUT2D eigenvalue weighted by Crippen LogP contribution is 2.25. The Morgan fingerprint density at radius 3 is 2.28 bits per heavy atom. The van der Waals surface area contributed by atoms with Gasteiger partial charge in [0.25, 0.3) is 0 Å². The van der Waals surface area contributed by atoms with Crippen LogP contribution in [-0.2, 0) is 6.54 Å². The van der Waals surface area contributed by atoms with Gasteiger partial charge >= 0.3 is 0 Å². The lowest BCUT2D eigenvalue weighted by atomic mass is 10.1. The number of benzene rings is 1. The fraction of sp³-hybridized carbons (Fsp3) is 0.357. The van der Waals surface area contributed by atoms with Crippen LogP contribution in [0.25, 0.3) is 0 Å². The Balaban J connectivity index is 2.11. The van der Waals surface area contributed by atoms with Crippen molar-refractivity contribution in [3.8, 4) is 0 Å². The minimum atomic E-state index is 0.606. The number of anilines is 1. The Bertz CT molecular complexity index is 533. The third kappa shape index (κ3) is 2.75. The van der Waals surface area contributed by atoms with Crippen molar-refractivity contribution in [2.75, 3.05) is 5.32 Å². The van der Waals surface area contributed by atoms with E-state index in [2.05, 4.69) is 52.2 Å². The van der Waals surface area contributed by atoms with Crippen LogP contribution in [0.4, 0.5) is 5.69 Å². The molecular weight excluding hydrogens is 292 g/mol. The summed E-state index contributed by atoms with van der Waals surface area (Å²) in [5.74, 6) is 1.61. The predicted octanol–water partition coefficient (Wildman–Crippen LogP) is 4.28. The van der Waals surface area contributed by atoms with Crippen molar-refractivity contribution in [2.24, 2.45) is 0 Å². The smallest absolute Gasteiger partial charge is 0.213 e. The highest BCUT2D eigenvalue weighted by Gasteiger charge is 2.06. The highest BCUT2D eigenvalue weighted by molar-refractivity contribution is 9.10. The SMILES string of the molecule is Cc1cc(NCc2nc(C)c(C)o2)cc(C)c1Br. The zero-order valence-electron chi connectivity index (χ0n) is 11.1. The van der Waals surface area contributed by atoms with Gasteiger partial charge in [0, 0.05) is 10.2 Å². The molecule has 0 amide bonds. The molecule has 1 aromatic carbocycles. The van der Waals surface area contributed by atoms with Crippen LogP contribution >= 0.6 is 15.9 Å². The second-order valence-electron chi connectivity index (χ2n) is 4.53. The standard InChI is InChI=1S/C14H17BrN2O/c1-8-5-12(6-9(2)14(8)15)16-7-13-17-10(3)11(4)18-13/h5-6,16H,7H2,1-4H3. The summed E-state index contributed by atoms with van der Waals surface area (Å²) in [7, 11) is 0. The maximum atomic E-state index is 5.54. The largest absolute Gasteiger partial charge is 0.444 e. The zero-order valence-corrected chi connectivity index (χ0v) is 12.7. The van der Waals surface area contributed by atoms with Gasteiger partial charge in [-0.2, -0.15) is 0 Å². The van der Waals surface area contributed by atoms with Crippen LogP contribution in [0.15, 0.2) is 21.0 Å². The first-order chi connectivity index (χ1) is 8.47. The molecule has 0 radical (unpaired) electrons. The molecule has 1 heterocycles. The van der Waals surface area contributed by atoms with Gasteiger partial charge in [-0.05, 0) is 51.0 Å². The maximum absolute atomic E-state index is 5.54. The third-order valence-corrected chi connectivity index (χ3v) is 4.20. The summed E-state index contributed by atoms with van der Waals surface area (Å²) >= 11 is 3.56. The van der Waals surface area contributed by atoms with Crippen LogP contribution in [0.1, 0.15) is 28.5 Å². The Morgan fingerprint density at radius 2 is 1.78 bits per heavy atom. The van der Waals surface area contributed by atoms with Crippen molar-refractivity contribution >= 4 is 21.6 Å². The van der Waals surface area contributed by atoms with E-state index in [-0.39, 0.29) is 0 Å². The van der Waals surface area contributed by atoms with E-state index in [0.29, 0.717) is 6.54 Å². The first-order valence-corrected chi connectivity index (χ1v) is 6.70. The molecule has 0 unspecified atom stereocenters. The molecular formula is C14H17BrN2O. The molecule has 0 saturated carbocycles. The van der Waals surface area contributed by atoms with Gasteiger partial charge in [-0.3, -0.25) is 0 Å². The molecule has 18 heavy (non-hydrogen) atoms. The van der Waals surface area contributed by atoms with Crippen molar-refractivity contribution in [3.63, 3.8) is 0 Å². The average molecular weight is 309 g/mol. The van der Waals surface area contributed by atoms with Gasteiger partial charge in [-0.25, -0.2) is 4.98 Å². The molecule has 0 saturated heterocycles. The number of hydrogen-bond donors (Lipinski definition) is 1. The van der Waals surface area contributed by atoms with Gasteiger partial charge in [0.2, 0.25) is 5.89 Å². The Hall–Kier alpha value is -1.29. The molecule has 1 N–H and O–H groups in total. The van der Waals surface area contributed by atoms with Crippen molar-refractivity contribution < 1.29 is 4.42 Å². The molecule has 0 spiro atoms. The Morgan fingerprint density at radius 1 is 1.17 bits per heavy atom. The summed E-state index contributed by atoms with van der Waals surface area (Å²) in [6.07, 6.45) is 0. The lowest BCUT2D eigenvalue weighted by Gasteiger charge is -2.09. The van der Waals surface area contributed by atoms with E-state index >= 15 is 0 Å². The number of nitrogens with one attached hydrogen (secondary N) is 1. The normalized spacial score (nSPS) is 10.7. The number of aromatic nitrogens is 1. The fourth-order valence-corrected chi connectivity index (χ4v) is 2.07. The van der Waals surface area contributed by atoms with Gasteiger partial charge in [0.1, 0.15) is 5.76 Å². The fourth-order valence-electron chi connectivity index (χ4n) is 1.84.